The van der Waals surface area contributed by atoms with Crippen molar-refractivity contribution < 1.29 is 23.5 Å². The van der Waals surface area contributed by atoms with E-state index in [0.717, 1.165) is 4.90 Å². The number of benzene rings is 1. The molecule has 1 heterocycles. The average molecular weight is 357 g/mol. The minimum Gasteiger partial charge on any atom is -0.433 e. The van der Waals surface area contributed by atoms with E-state index in [1.165, 1.54) is 36.9 Å². The van der Waals surface area contributed by atoms with E-state index in [9.17, 15) is 18.8 Å². The van der Waals surface area contributed by atoms with E-state index in [1.54, 1.807) is 6.92 Å². The smallest absolute Gasteiger partial charge is 0.418 e. The second-order valence-corrected chi connectivity index (χ2v) is 6.28. The third kappa shape index (κ3) is 3.51. The lowest BCUT2D eigenvalue weighted by Crippen LogP contribution is -2.44. The van der Waals surface area contributed by atoms with Crippen molar-refractivity contribution in [2.75, 3.05) is 13.1 Å². The molecule has 1 saturated heterocycles. The minimum atomic E-state index is -1.29. The van der Waals surface area contributed by atoms with Gasteiger partial charge in [0, 0.05) is 17.1 Å². The van der Waals surface area contributed by atoms with Crippen LogP contribution in [0.5, 0.6) is 0 Å². The Morgan fingerprint density at radius 2 is 2.04 bits per heavy atom. The Labute approximate surface area is 144 Å². The molecule has 0 unspecified atom stereocenters. The molecule has 0 saturated carbocycles. The maximum Gasteiger partial charge on any atom is 0.418 e. The van der Waals surface area contributed by atoms with Crippen LogP contribution in [0.4, 0.5) is 9.18 Å². The first-order chi connectivity index (χ1) is 11.2. The summed E-state index contributed by atoms with van der Waals surface area (Å²) in [6.07, 6.45) is -0.863. The van der Waals surface area contributed by atoms with Crippen LogP contribution in [0.1, 0.15) is 26.3 Å². The van der Waals surface area contributed by atoms with Crippen LogP contribution in [-0.2, 0) is 20.9 Å². The molecule has 0 radical (unpaired) electrons. The normalized spacial score (nSPS) is 16.3. The number of hydrogen-bond donors (Lipinski definition) is 0. The monoisotopic (exact) mass is 356 g/mol. The minimum absolute atomic E-state index is 0.0543. The quantitative estimate of drug-likeness (QED) is 0.813. The van der Waals surface area contributed by atoms with Gasteiger partial charge >= 0.3 is 6.09 Å². The summed E-state index contributed by atoms with van der Waals surface area (Å²) in [5.74, 6) is -1.60. The first kappa shape index (κ1) is 18.2. The number of hydrogen-bond acceptors (Lipinski definition) is 4. The Balaban J connectivity index is 2.13. The first-order valence-electron chi connectivity index (χ1n) is 7.43. The summed E-state index contributed by atoms with van der Waals surface area (Å²) in [5.41, 5.74) is -1.10. The van der Waals surface area contributed by atoms with Crippen molar-refractivity contribution in [3.63, 3.8) is 0 Å². The summed E-state index contributed by atoms with van der Waals surface area (Å²) < 4.78 is 18.8. The molecule has 0 atom stereocenters. The van der Waals surface area contributed by atoms with E-state index >= 15 is 0 Å². The zero-order valence-corrected chi connectivity index (χ0v) is 14.4. The Kier molecular flexibility index (Phi) is 5.13. The second kappa shape index (κ2) is 6.76. The molecule has 0 aromatic heterocycles. The van der Waals surface area contributed by atoms with E-state index in [-0.39, 0.29) is 23.7 Å². The molecule has 1 aromatic rings. The van der Waals surface area contributed by atoms with Gasteiger partial charge in [0.25, 0.3) is 5.91 Å². The van der Waals surface area contributed by atoms with Gasteiger partial charge in [-0.3, -0.25) is 9.59 Å². The molecule has 0 N–H and O–H groups in total. The SMILES string of the molecule is CCN(Cc1c(F)cccc1Cl)C(=O)CN1C(=O)OC(C)(C)C1=O. The molecule has 1 aliphatic heterocycles. The van der Waals surface area contributed by atoms with Gasteiger partial charge in [-0.1, -0.05) is 17.7 Å². The Bertz CT molecular complexity index is 672. The van der Waals surface area contributed by atoms with Crippen LogP contribution in [0.15, 0.2) is 18.2 Å². The Hall–Kier alpha value is -2.15. The van der Waals surface area contributed by atoms with Crippen LogP contribution in [-0.4, -0.2) is 46.4 Å². The highest BCUT2D eigenvalue weighted by atomic mass is 35.5. The number of nitrogens with zero attached hydrogens (tertiary/aromatic N) is 2. The lowest BCUT2D eigenvalue weighted by Gasteiger charge is -2.23. The predicted molar refractivity (Wildman–Crippen MR) is 84.8 cm³/mol. The van der Waals surface area contributed by atoms with Crippen molar-refractivity contribution >= 4 is 29.5 Å². The number of carbonyl (C=O) groups is 3. The fourth-order valence-corrected chi connectivity index (χ4v) is 2.57. The molecule has 0 bridgehead atoms. The predicted octanol–water partition coefficient (Wildman–Crippen LogP) is 2.59. The molecule has 8 heteroatoms. The van der Waals surface area contributed by atoms with E-state index in [2.05, 4.69) is 0 Å². The van der Waals surface area contributed by atoms with Gasteiger partial charge in [-0.05, 0) is 32.9 Å². The average Bonchev–Trinajstić information content (AvgIpc) is 2.69. The van der Waals surface area contributed by atoms with Gasteiger partial charge in [0.2, 0.25) is 5.91 Å². The summed E-state index contributed by atoms with van der Waals surface area (Å²) in [6.45, 7) is 4.37. The number of cyclic esters (lactones) is 1. The second-order valence-electron chi connectivity index (χ2n) is 5.88. The van der Waals surface area contributed by atoms with Gasteiger partial charge in [0.1, 0.15) is 12.4 Å². The molecule has 2 rings (SSSR count). The van der Waals surface area contributed by atoms with Crippen molar-refractivity contribution in [3.8, 4) is 0 Å². The van der Waals surface area contributed by atoms with Crippen molar-refractivity contribution in [2.45, 2.75) is 32.9 Å². The summed E-state index contributed by atoms with van der Waals surface area (Å²) in [5, 5.41) is 0.207. The zero-order chi connectivity index (χ0) is 18.1. The molecule has 24 heavy (non-hydrogen) atoms. The largest absolute Gasteiger partial charge is 0.433 e. The number of amides is 3. The zero-order valence-electron chi connectivity index (χ0n) is 13.6. The van der Waals surface area contributed by atoms with Crippen molar-refractivity contribution in [1.29, 1.82) is 0 Å². The number of carbonyl (C=O) groups excluding carboxylic acids is 3. The Morgan fingerprint density at radius 3 is 2.54 bits per heavy atom. The van der Waals surface area contributed by atoms with Crippen molar-refractivity contribution in [2.24, 2.45) is 0 Å². The maximum atomic E-state index is 13.9. The Morgan fingerprint density at radius 1 is 1.38 bits per heavy atom. The van der Waals surface area contributed by atoms with E-state index < -0.39 is 35.9 Å². The number of ether oxygens (including phenoxy) is 1. The molecule has 0 aliphatic carbocycles. The lowest BCUT2D eigenvalue weighted by atomic mass is 10.1. The molecule has 1 aliphatic rings. The van der Waals surface area contributed by atoms with Crippen molar-refractivity contribution in [3.05, 3.63) is 34.6 Å². The van der Waals surface area contributed by atoms with Crippen LogP contribution in [0, 0.1) is 5.82 Å². The van der Waals surface area contributed by atoms with E-state index in [1.807, 2.05) is 0 Å². The van der Waals surface area contributed by atoms with Crippen molar-refractivity contribution in [1.82, 2.24) is 9.80 Å². The number of imide groups is 1. The van der Waals surface area contributed by atoms with Gasteiger partial charge in [-0.15, -0.1) is 0 Å². The molecular formula is C16H18ClFN2O4. The van der Waals surface area contributed by atoms with Crippen LogP contribution in [0.2, 0.25) is 5.02 Å². The standard InChI is InChI=1S/C16H18ClFN2O4/c1-4-19(8-10-11(17)6-5-7-12(10)18)13(21)9-20-14(22)16(2,3)24-15(20)23/h5-7H,4,8-9H2,1-3H3. The van der Waals surface area contributed by atoms with Gasteiger partial charge in [-0.2, -0.15) is 0 Å². The molecule has 130 valence electrons. The molecule has 0 spiro atoms. The molecule has 3 amide bonds. The number of likely N-dealkylation sites (N-methyl/N-ethyl adjacent to an activating group) is 1. The fraction of sp³-hybridized carbons (Fsp3) is 0.438. The third-order valence-electron chi connectivity index (χ3n) is 3.76. The van der Waals surface area contributed by atoms with E-state index in [4.69, 9.17) is 16.3 Å². The molecule has 1 aromatic carbocycles. The summed E-state index contributed by atoms with van der Waals surface area (Å²) in [7, 11) is 0. The molecule has 6 nitrogen and oxygen atoms in total. The van der Waals surface area contributed by atoms with Crippen LogP contribution in [0.25, 0.3) is 0 Å². The third-order valence-corrected chi connectivity index (χ3v) is 4.12. The molecule has 1 fully saturated rings. The van der Waals surface area contributed by atoms with E-state index in [0.29, 0.717) is 0 Å². The molecular weight excluding hydrogens is 339 g/mol. The highest BCUT2D eigenvalue weighted by Gasteiger charge is 2.47. The first-order valence-corrected chi connectivity index (χ1v) is 7.80. The lowest BCUT2D eigenvalue weighted by molar-refractivity contribution is -0.140. The van der Waals surface area contributed by atoms with Gasteiger partial charge in [0.05, 0.1) is 6.54 Å². The van der Waals surface area contributed by atoms with Crippen LogP contribution < -0.4 is 0 Å². The fourth-order valence-electron chi connectivity index (χ4n) is 2.35. The van der Waals surface area contributed by atoms with Gasteiger partial charge < -0.3 is 9.64 Å². The topological polar surface area (TPSA) is 66.9 Å². The van der Waals surface area contributed by atoms with Gasteiger partial charge in [-0.25, -0.2) is 14.1 Å². The highest BCUT2D eigenvalue weighted by molar-refractivity contribution is 6.31. The number of rotatable bonds is 5. The highest BCUT2D eigenvalue weighted by Crippen LogP contribution is 2.24. The summed E-state index contributed by atoms with van der Waals surface area (Å²) >= 11 is 5.97. The summed E-state index contributed by atoms with van der Waals surface area (Å²) in [4.78, 5) is 38.3. The maximum absolute atomic E-state index is 13.9. The van der Waals surface area contributed by atoms with Crippen LogP contribution in [0.3, 0.4) is 0 Å². The number of halogens is 2. The van der Waals surface area contributed by atoms with Gasteiger partial charge in [0.15, 0.2) is 5.60 Å². The summed E-state index contributed by atoms with van der Waals surface area (Å²) in [6, 6.07) is 4.26. The van der Waals surface area contributed by atoms with Crippen LogP contribution >= 0.6 is 11.6 Å².